The normalized spacial score (nSPS) is 14.7. The maximum absolute atomic E-state index is 12.5. The van der Waals surface area contributed by atoms with Crippen LogP contribution in [0.1, 0.15) is 15.9 Å². The number of carbonyl (C=O) groups is 4. The summed E-state index contributed by atoms with van der Waals surface area (Å²) in [5.74, 6) is -1.44. The minimum Gasteiger partial charge on any atom is -0.493 e. The summed E-state index contributed by atoms with van der Waals surface area (Å²) in [6.45, 7) is -0.458. The molecule has 0 aliphatic carbocycles. The van der Waals surface area contributed by atoms with Crippen LogP contribution in [-0.2, 0) is 14.3 Å². The largest absolute Gasteiger partial charge is 0.493 e. The van der Waals surface area contributed by atoms with Crippen LogP contribution in [0.5, 0.6) is 11.5 Å². The smallest absolute Gasteiger partial charge is 0.343 e. The highest BCUT2D eigenvalue weighted by atomic mass is 79.9. The third kappa shape index (κ3) is 5.15. The van der Waals surface area contributed by atoms with Gasteiger partial charge in [-0.15, -0.1) is 0 Å². The van der Waals surface area contributed by atoms with E-state index in [2.05, 4.69) is 20.7 Å². The van der Waals surface area contributed by atoms with E-state index in [9.17, 15) is 19.2 Å². The van der Waals surface area contributed by atoms with Crippen LogP contribution in [0.4, 0.5) is 4.79 Å². The first kappa shape index (κ1) is 22.6. The van der Waals surface area contributed by atoms with E-state index in [1.165, 1.54) is 20.3 Å². The van der Waals surface area contributed by atoms with Crippen molar-refractivity contribution in [2.24, 2.45) is 0 Å². The molecule has 1 saturated heterocycles. The summed E-state index contributed by atoms with van der Waals surface area (Å²) in [6, 6.07) is 11.7. The second-order valence-corrected chi connectivity index (χ2v) is 7.98. The number of thioether (sulfide) groups is 1. The summed E-state index contributed by atoms with van der Waals surface area (Å²) in [5.41, 5.74) is 0.895. The maximum Gasteiger partial charge on any atom is 0.343 e. The number of benzene rings is 2. The number of methoxy groups -OCH3 is 2. The Morgan fingerprint density at radius 2 is 1.84 bits per heavy atom. The minimum absolute atomic E-state index is 0.136. The second kappa shape index (κ2) is 9.80. The summed E-state index contributed by atoms with van der Waals surface area (Å²) in [7, 11) is 2.59. The van der Waals surface area contributed by atoms with Gasteiger partial charge in [0.1, 0.15) is 6.54 Å². The molecule has 1 heterocycles. The third-order valence-electron chi connectivity index (χ3n) is 4.14. The van der Waals surface area contributed by atoms with Crippen molar-refractivity contribution in [2.45, 2.75) is 0 Å². The van der Waals surface area contributed by atoms with E-state index in [0.717, 1.165) is 4.90 Å². The molecule has 8 nitrogen and oxygen atoms in total. The zero-order valence-corrected chi connectivity index (χ0v) is 18.8. The summed E-state index contributed by atoms with van der Waals surface area (Å²) < 4.78 is 15.7. The quantitative estimate of drug-likeness (QED) is 0.331. The van der Waals surface area contributed by atoms with Gasteiger partial charge >= 0.3 is 11.9 Å². The number of ether oxygens (including phenoxy) is 3. The molecule has 1 fully saturated rings. The Balaban J connectivity index is 1.86. The van der Waals surface area contributed by atoms with Crippen molar-refractivity contribution in [3.8, 4) is 11.5 Å². The molecule has 1 aliphatic heterocycles. The van der Waals surface area contributed by atoms with Gasteiger partial charge in [-0.05, 0) is 63.6 Å². The van der Waals surface area contributed by atoms with Gasteiger partial charge < -0.3 is 14.2 Å². The van der Waals surface area contributed by atoms with E-state index in [-0.39, 0.29) is 16.4 Å². The topological polar surface area (TPSA) is 99.2 Å². The molecule has 1 aliphatic rings. The maximum atomic E-state index is 12.5. The Bertz CT molecular complexity index is 1080. The number of imide groups is 1. The van der Waals surface area contributed by atoms with E-state index in [4.69, 9.17) is 9.47 Å². The molecule has 0 radical (unpaired) electrons. The van der Waals surface area contributed by atoms with Crippen LogP contribution in [-0.4, -0.2) is 48.7 Å². The van der Waals surface area contributed by atoms with Crippen molar-refractivity contribution < 1.29 is 33.4 Å². The standard InChI is InChI=1S/C21H16BrNO7S/c1-28-15-9-12(10-16-19(25)23(21(27)31-16)11-17(24)29-2)8-14(22)18(15)30-20(26)13-6-4-3-5-7-13/h3-10H,11H2,1-2H3/b16-10-. The van der Waals surface area contributed by atoms with E-state index >= 15 is 0 Å². The second-order valence-electron chi connectivity index (χ2n) is 6.13. The number of hydrogen-bond acceptors (Lipinski definition) is 8. The zero-order chi connectivity index (χ0) is 22.5. The van der Waals surface area contributed by atoms with Crippen LogP contribution in [0, 0.1) is 0 Å². The molecule has 0 aromatic heterocycles. The van der Waals surface area contributed by atoms with Gasteiger partial charge in [0.25, 0.3) is 11.1 Å². The Hall–Kier alpha value is -3.11. The summed E-state index contributed by atoms with van der Waals surface area (Å²) >= 11 is 4.06. The van der Waals surface area contributed by atoms with Crippen LogP contribution in [0.25, 0.3) is 6.08 Å². The van der Waals surface area contributed by atoms with Crippen LogP contribution < -0.4 is 9.47 Å². The van der Waals surface area contributed by atoms with Gasteiger partial charge in [-0.25, -0.2) is 4.79 Å². The minimum atomic E-state index is -0.697. The molecule has 0 bridgehead atoms. The van der Waals surface area contributed by atoms with Gasteiger partial charge in [-0.1, -0.05) is 18.2 Å². The number of hydrogen-bond donors (Lipinski definition) is 0. The van der Waals surface area contributed by atoms with Crippen LogP contribution in [0.2, 0.25) is 0 Å². The fourth-order valence-electron chi connectivity index (χ4n) is 2.63. The molecule has 0 atom stereocenters. The predicted octanol–water partition coefficient (Wildman–Crippen LogP) is 3.89. The molecule has 0 saturated carbocycles. The van der Waals surface area contributed by atoms with Crippen molar-refractivity contribution in [3.05, 3.63) is 63.0 Å². The molecule has 2 aromatic carbocycles. The van der Waals surface area contributed by atoms with Crippen LogP contribution in [0.15, 0.2) is 51.8 Å². The Morgan fingerprint density at radius 1 is 1.13 bits per heavy atom. The monoisotopic (exact) mass is 505 g/mol. The molecule has 0 spiro atoms. The predicted molar refractivity (Wildman–Crippen MR) is 117 cm³/mol. The summed E-state index contributed by atoms with van der Waals surface area (Å²) in [6.07, 6.45) is 1.48. The lowest BCUT2D eigenvalue weighted by atomic mass is 10.1. The number of rotatable bonds is 6. The van der Waals surface area contributed by atoms with E-state index in [1.807, 2.05) is 0 Å². The van der Waals surface area contributed by atoms with Crippen molar-refractivity contribution in [1.29, 1.82) is 0 Å². The summed E-state index contributed by atoms with van der Waals surface area (Å²) in [4.78, 5) is 49.3. The number of carbonyl (C=O) groups excluding carboxylic acids is 4. The molecule has 31 heavy (non-hydrogen) atoms. The fourth-order valence-corrected chi connectivity index (χ4v) is 4.01. The molecule has 2 amide bonds. The van der Waals surface area contributed by atoms with Crippen molar-refractivity contribution in [2.75, 3.05) is 20.8 Å². The Morgan fingerprint density at radius 3 is 2.48 bits per heavy atom. The van der Waals surface area contributed by atoms with Crippen molar-refractivity contribution in [1.82, 2.24) is 4.90 Å². The molecule has 3 rings (SSSR count). The fraction of sp³-hybridized carbons (Fsp3) is 0.143. The lowest BCUT2D eigenvalue weighted by molar-refractivity contribution is -0.143. The van der Waals surface area contributed by atoms with Crippen molar-refractivity contribution >= 4 is 56.9 Å². The Kier molecular flexibility index (Phi) is 7.13. The SMILES string of the molecule is COC(=O)CN1C(=O)S/C(=C\c2cc(Br)c(OC(=O)c3ccccc3)c(OC)c2)C1=O. The van der Waals surface area contributed by atoms with Gasteiger partial charge in [-0.3, -0.25) is 19.3 Å². The molecule has 10 heteroatoms. The van der Waals surface area contributed by atoms with Crippen LogP contribution in [0.3, 0.4) is 0 Å². The lowest BCUT2D eigenvalue weighted by Gasteiger charge is -2.12. The molecular weight excluding hydrogens is 490 g/mol. The van der Waals surface area contributed by atoms with Gasteiger partial charge in [0.15, 0.2) is 11.5 Å². The number of amides is 2. The van der Waals surface area contributed by atoms with Gasteiger partial charge in [0.2, 0.25) is 0 Å². The number of esters is 2. The first-order valence-electron chi connectivity index (χ1n) is 8.81. The first-order chi connectivity index (χ1) is 14.8. The van der Waals surface area contributed by atoms with Gasteiger partial charge in [0, 0.05) is 0 Å². The third-order valence-corrected chi connectivity index (χ3v) is 5.64. The highest BCUT2D eigenvalue weighted by Gasteiger charge is 2.36. The number of halogens is 1. The molecular formula is C21H16BrNO7S. The highest BCUT2D eigenvalue weighted by Crippen LogP contribution is 2.39. The van der Waals surface area contributed by atoms with E-state index in [0.29, 0.717) is 27.4 Å². The van der Waals surface area contributed by atoms with Crippen LogP contribution >= 0.6 is 27.7 Å². The average molecular weight is 506 g/mol. The molecule has 2 aromatic rings. The van der Waals surface area contributed by atoms with Gasteiger partial charge in [-0.2, -0.15) is 0 Å². The highest BCUT2D eigenvalue weighted by molar-refractivity contribution is 9.10. The van der Waals surface area contributed by atoms with E-state index in [1.54, 1.807) is 42.5 Å². The van der Waals surface area contributed by atoms with E-state index < -0.39 is 29.6 Å². The molecule has 0 unspecified atom stereocenters. The molecule has 160 valence electrons. The lowest BCUT2D eigenvalue weighted by Crippen LogP contribution is -2.34. The summed E-state index contributed by atoms with van der Waals surface area (Å²) in [5, 5.41) is -0.568. The van der Waals surface area contributed by atoms with Gasteiger partial charge in [0.05, 0.1) is 29.2 Å². The zero-order valence-electron chi connectivity index (χ0n) is 16.4. The Labute approximate surface area is 190 Å². The molecule has 0 N–H and O–H groups in total. The average Bonchev–Trinajstić information content (AvgIpc) is 3.02. The first-order valence-corrected chi connectivity index (χ1v) is 10.4. The van der Waals surface area contributed by atoms with Crippen molar-refractivity contribution in [3.63, 3.8) is 0 Å². The number of nitrogens with zero attached hydrogens (tertiary/aromatic N) is 1.